The summed E-state index contributed by atoms with van der Waals surface area (Å²) in [6.07, 6.45) is 6.09. The molecule has 108 valence electrons. The summed E-state index contributed by atoms with van der Waals surface area (Å²) in [4.78, 5) is 11.7. The molecule has 0 atom stereocenters. The number of allylic oxidation sites excluding steroid dienone is 2. The van der Waals surface area contributed by atoms with Gasteiger partial charge in [-0.05, 0) is 49.8 Å². The Balaban J connectivity index is 2.67. The van der Waals surface area contributed by atoms with E-state index in [1.54, 1.807) is 18.4 Å². The van der Waals surface area contributed by atoms with E-state index in [-0.39, 0.29) is 11.4 Å². The Morgan fingerprint density at radius 3 is 2.65 bits per heavy atom. The second kappa shape index (κ2) is 6.47. The Labute approximate surface area is 121 Å². The van der Waals surface area contributed by atoms with Gasteiger partial charge in [-0.2, -0.15) is 0 Å². The molecule has 1 aromatic rings. The van der Waals surface area contributed by atoms with Crippen LogP contribution in [-0.2, 0) is 9.53 Å². The molecule has 0 aromatic carbocycles. The molecule has 0 fully saturated rings. The summed E-state index contributed by atoms with van der Waals surface area (Å²) in [5.74, 6) is 6.28. The van der Waals surface area contributed by atoms with E-state index in [0.717, 1.165) is 0 Å². The van der Waals surface area contributed by atoms with Crippen molar-refractivity contribution in [2.24, 2.45) is 10.8 Å². The van der Waals surface area contributed by atoms with Crippen LogP contribution in [0.3, 0.4) is 0 Å². The van der Waals surface area contributed by atoms with Gasteiger partial charge < -0.3 is 9.15 Å². The SMILES string of the molecule is COC(=O)C(C)(C)CC(C)(C)/C=C\C#Cc1ccco1. The van der Waals surface area contributed by atoms with Gasteiger partial charge in [-0.1, -0.05) is 25.8 Å². The van der Waals surface area contributed by atoms with Crippen LogP contribution in [0.5, 0.6) is 0 Å². The van der Waals surface area contributed by atoms with Crippen LogP contribution in [0.25, 0.3) is 0 Å². The summed E-state index contributed by atoms with van der Waals surface area (Å²) in [6, 6.07) is 3.61. The fourth-order valence-corrected chi connectivity index (χ4v) is 2.28. The minimum atomic E-state index is -0.517. The van der Waals surface area contributed by atoms with Gasteiger partial charge in [0.05, 0.1) is 18.8 Å². The van der Waals surface area contributed by atoms with Crippen molar-refractivity contribution in [1.29, 1.82) is 0 Å². The number of carbonyl (C=O) groups is 1. The van der Waals surface area contributed by atoms with E-state index >= 15 is 0 Å². The van der Waals surface area contributed by atoms with E-state index in [2.05, 4.69) is 25.7 Å². The van der Waals surface area contributed by atoms with Crippen molar-refractivity contribution in [2.75, 3.05) is 7.11 Å². The van der Waals surface area contributed by atoms with E-state index in [0.29, 0.717) is 12.2 Å². The number of esters is 1. The standard InChI is InChI=1S/C17H22O3/c1-16(2,13-17(3,4)15(18)19-5)11-7-6-9-14-10-8-12-20-14/h7-8,10-12H,13H2,1-5H3/b11-7-. The first-order valence-electron chi connectivity index (χ1n) is 6.58. The highest BCUT2D eigenvalue weighted by Crippen LogP contribution is 2.35. The molecule has 1 rings (SSSR count). The van der Waals surface area contributed by atoms with Gasteiger partial charge in [0.15, 0.2) is 5.76 Å². The molecule has 20 heavy (non-hydrogen) atoms. The molecule has 3 heteroatoms. The first kappa shape index (κ1) is 16.1. The fraction of sp³-hybridized carbons (Fsp3) is 0.471. The van der Waals surface area contributed by atoms with Gasteiger partial charge in [0, 0.05) is 0 Å². The smallest absolute Gasteiger partial charge is 0.311 e. The van der Waals surface area contributed by atoms with Crippen molar-refractivity contribution >= 4 is 5.97 Å². The minimum Gasteiger partial charge on any atom is -0.469 e. The van der Waals surface area contributed by atoms with Crippen molar-refractivity contribution in [2.45, 2.75) is 34.1 Å². The Kier molecular flexibility index (Phi) is 5.21. The Bertz CT molecular complexity index is 522. The summed E-state index contributed by atoms with van der Waals surface area (Å²) < 4.78 is 9.96. The molecule has 0 saturated heterocycles. The number of hydrogen-bond acceptors (Lipinski definition) is 3. The second-order valence-corrected chi connectivity index (χ2v) is 6.12. The lowest BCUT2D eigenvalue weighted by molar-refractivity contribution is -0.152. The molecule has 0 saturated carbocycles. The van der Waals surface area contributed by atoms with Gasteiger partial charge in [0.2, 0.25) is 0 Å². The van der Waals surface area contributed by atoms with E-state index in [1.165, 1.54) is 7.11 Å². The van der Waals surface area contributed by atoms with Gasteiger partial charge >= 0.3 is 5.97 Å². The monoisotopic (exact) mass is 274 g/mol. The summed E-state index contributed by atoms with van der Waals surface area (Å²) in [7, 11) is 1.42. The Morgan fingerprint density at radius 2 is 2.10 bits per heavy atom. The van der Waals surface area contributed by atoms with Crippen molar-refractivity contribution in [1.82, 2.24) is 0 Å². The van der Waals surface area contributed by atoms with Gasteiger partial charge in [-0.25, -0.2) is 0 Å². The molecule has 0 aliphatic carbocycles. The molecule has 1 heterocycles. The summed E-state index contributed by atoms with van der Waals surface area (Å²) >= 11 is 0. The molecular weight excluding hydrogens is 252 g/mol. The third-order valence-corrected chi connectivity index (χ3v) is 2.97. The zero-order valence-electron chi connectivity index (χ0n) is 12.8. The quantitative estimate of drug-likeness (QED) is 0.619. The number of methoxy groups -OCH3 is 1. The molecule has 0 radical (unpaired) electrons. The van der Waals surface area contributed by atoms with E-state index in [1.807, 2.05) is 26.0 Å². The van der Waals surface area contributed by atoms with Crippen molar-refractivity contribution in [3.8, 4) is 11.8 Å². The number of hydrogen-bond donors (Lipinski definition) is 0. The predicted octanol–water partition coefficient (Wildman–Crippen LogP) is 3.80. The number of ether oxygens (including phenoxy) is 1. The summed E-state index contributed by atoms with van der Waals surface area (Å²) in [5.41, 5.74) is -0.660. The van der Waals surface area contributed by atoms with E-state index in [4.69, 9.17) is 9.15 Å². The number of rotatable bonds is 4. The molecule has 0 N–H and O–H groups in total. The highest BCUT2D eigenvalue weighted by atomic mass is 16.5. The predicted molar refractivity (Wildman–Crippen MR) is 78.9 cm³/mol. The van der Waals surface area contributed by atoms with Gasteiger partial charge in [0.1, 0.15) is 0 Å². The van der Waals surface area contributed by atoms with Crippen LogP contribution in [-0.4, -0.2) is 13.1 Å². The normalized spacial score (nSPS) is 12.1. The highest BCUT2D eigenvalue weighted by molar-refractivity contribution is 5.75. The van der Waals surface area contributed by atoms with E-state index in [9.17, 15) is 4.79 Å². The summed E-state index contributed by atoms with van der Waals surface area (Å²) in [6.45, 7) is 7.93. The highest BCUT2D eigenvalue weighted by Gasteiger charge is 2.34. The minimum absolute atomic E-state index is 0.143. The Morgan fingerprint density at radius 1 is 1.40 bits per heavy atom. The molecule has 0 aliphatic rings. The maximum absolute atomic E-state index is 11.7. The molecule has 0 aliphatic heterocycles. The third kappa shape index (κ3) is 4.97. The molecule has 3 nitrogen and oxygen atoms in total. The first-order chi connectivity index (χ1) is 9.27. The van der Waals surface area contributed by atoms with Gasteiger partial charge in [-0.15, -0.1) is 0 Å². The van der Waals surface area contributed by atoms with Crippen LogP contribution >= 0.6 is 0 Å². The lowest BCUT2D eigenvalue weighted by atomic mass is 9.75. The van der Waals surface area contributed by atoms with Gasteiger partial charge in [-0.3, -0.25) is 4.79 Å². The largest absolute Gasteiger partial charge is 0.469 e. The van der Waals surface area contributed by atoms with Crippen LogP contribution in [0.4, 0.5) is 0 Å². The molecule has 0 amide bonds. The molecular formula is C17H22O3. The lowest BCUT2D eigenvalue weighted by Crippen LogP contribution is -2.30. The van der Waals surface area contributed by atoms with Crippen LogP contribution in [0.15, 0.2) is 35.0 Å². The topological polar surface area (TPSA) is 39.4 Å². The Hall–Kier alpha value is -1.95. The second-order valence-electron chi connectivity index (χ2n) is 6.12. The molecule has 0 spiro atoms. The maximum Gasteiger partial charge on any atom is 0.311 e. The van der Waals surface area contributed by atoms with Crippen molar-refractivity contribution in [3.63, 3.8) is 0 Å². The molecule has 0 unspecified atom stereocenters. The number of carbonyl (C=O) groups excluding carboxylic acids is 1. The van der Waals surface area contributed by atoms with Gasteiger partial charge in [0.25, 0.3) is 0 Å². The fourth-order valence-electron chi connectivity index (χ4n) is 2.28. The zero-order valence-corrected chi connectivity index (χ0v) is 12.8. The maximum atomic E-state index is 11.7. The van der Waals surface area contributed by atoms with Crippen molar-refractivity contribution < 1.29 is 13.9 Å². The van der Waals surface area contributed by atoms with Crippen molar-refractivity contribution in [3.05, 3.63) is 36.3 Å². The van der Waals surface area contributed by atoms with Crippen LogP contribution in [0.1, 0.15) is 39.9 Å². The lowest BCUT2D eigenvalue weighted by Gasteiger charge is -2.30. The average Bonchev–Trinajstić information content (AvgIpc) is 2.85. The summed E-state index contributed by atoms with van der Waals surface area (Å²) in [5, 5.41) is 0. The molecule has 1 aromatic heterocycles. The average molecular weight is 274 g/mol. The van der Waals surface area contributed by atoms with Crippen LogP contribution < -0.4 is 0 Å². The third-order valence-electron chi connectivity index (χ3n) is 2.97. The van der Waals surface area contributed by atoms with Crippen LogP contribution in [0.2, 0.25) is 0 Å². The number of furan rings is 1. The molecule has 0 bridgehead atoms. The van der Waals surface area contributed by atoms with E-state index < -0.39 is 5.41 Å². The van der Waals surface area contributed by atoms with Crippen LogP contribution in [0, 0.1) is 22.7 Å². The first-order valence-corrected chi connectivity index (χ1v) is 6.58. The zero-order chi connectivity index (χ0) is 15.2.